The van der Waals surface area contributed by atoms with Crippen LogP contribution < -0.4 is 0 Å². The number of rotatable bonds is 5. The standard InChI is InChI=1S/C14H18BrN3O2/c1-10(6-7-11-5-4-8-20-11)18(3)14(19)13-12(15)9-17(2)16-13/h4-5,8-10H,6-7H2,1-3H3. The molecule has 2 aromatic heterocycles. The Morgan fingerprint density at radius 3 is 2.90 bits per heavy atom. The van der Waals surface area contributed by atoms with Crippen LogP contribution in [0.1, 0.15) is 29.6 Å². The third-order valence-corrected chi connectivity index (χ3v) is 3.94. The van der Waals surface area contributed by atoms with Crippen molar-refractivity contribution in [1.29, 1.82) is 0 Å². The van der Waals surface area contributed by atoms with Crippen LogP contribution in [0.3, 0.4) is 0 Å². The summed E-state index contributed by atoms with van der Waals surface area (Å²) in [6.45, 7) is 2.03. The van der Waals surface area contributed by atoms with Crippen molar-refractivity contribution in [2.75, 3.05) is 7.05 Å². The molecule has 0 N–H and O–H groups in total. The second-order valence-electron chi connectivity index (χ2n) is 4.88. The average Bonchev–Trinajstić information content (AvgIpc) is 3.03. The lowest BCUT2D eigenvalue weighted by molar-refractivity contribution is 0.0728. The van der Waals surface area contributed by atoms with Gasteiger partial charge in [-0.3, -0.25) is 9.48 Å². The molecular formula is C14H18BrN3O2. The van der Waals surface area contributed by atoms with Crippen molar-refractivity contribution in [3.63, 3.8) is 0 Å². The Morgan fingerprint density at radius 1 is 1.60 bits per heavy atom. The van der Waals surface area contributed by atoms with E-state index in [1.54, 1.807) is 36.1 Å². The highest BCUT2D eigenvalue weighted by Gasteiger charge is 2.22. The highest BCUT2D eigenvalue weighted by Crippen LogP contribution is 2.18. The predicted octanol–water partition coefficient (Wildman–Crippen LogP) is 2.87. The number of aromatic nitrogens is 2. The van der Waals surface area contributed by atoms with Gasteiger partial charge in [0.2, 0.25) is 0 Å². The van der Waals surface area contributed by atoms with E-state index in [4.69, 9.17) is 4.42 Å². The van der Waals surface area contributed by atoms with E-state index in [-0.39, 0.29) is 11.9 Å². The lowest BCUT2D eigenvalue weighted by atomic mass is 10.1. The van der Waals surface area contributed by atoms with Gasteiger partial charge < -0.3 is 9.32 Å². The zero-order valence-corrected chi connectivity index (χ0v) is 13.4. The summed E-state index contributed by atoms with van der Waals surface area (Å²) >= 11 is 3.36. The Hall–Kier alpha value is -1.56. The van der Waals surface area contributed by atoms with Gasteiger partial charge in [-0.25, -0.2) is 0 Å². The molecule has 2 heterocycles. The first kappa shape index (κ1) is 14.8. The molecule has 0 aromatic carbocycles. The molecule has 0 saturated heterocycles. The first-order valence-electron chi connectivity index (χ1n) is 6.47. The molecule has 2 aromatic rings. The van der Waals surface area contributed by atoms with Gasteiger partial charge in [-0.15, -0.1) is 0 Å². The number of nitrogens with zero attached hydrogens (tertiary/aromatic N) is 3. The van der Waals surface area contributed by atoms with Crippen LogP contribution in [0.2, 0.25) is 0 Å². The molecular weight excluding hydrogens is 322 g/mol. The van der Waals surface area contributed by atoms with Crippen LogP contribution in [0, 0.1) is 0 Å². The summed E-state index contributed by atoms with van der Waals surface area (Å²) in [7, 11) is 3.60. The minimum Gasteiger partial charge on any atom is -0.469 e. The molecule has 0 spiro atoms. The number of hydrogen-bond acceptors (Lipinski definition) is 3. The normalized spacial score (nSPS) is 12.4. The largest absolute Gasteiger partial charge is 0.469 e. The van der Waals surface area contributed by atoms with E-state index in [2.05, 4.69) is 21.0 Å². The summed E-state index contributed by atoms with van der Waals surface area (Å²) < 4.78 is 7.65. The van der Waals surface area contributed by atoms with Crippen molar-refractivity contribution in [3.05, 3.63) is 40.5 Å². The van der Waals surface area contributed by atoms with Crippen LogP contribution in [0.4, 0.5) is 0 Å². The Balaban J connectivity index is 1.97. The molecule has 1 amide bonds. The van der Waals surface area contributed by atoms with Crippen LogP contribution >= 0.6 is 15.9 Å². The first-order chi connectivity index (χ1) is 9.49. The Morgan fingerprint density at radius 2 is 2.35 bits per heavy atom. The van der Waals surface area contributed by atoms with Crippen LogP contribution in [-0.4, -0.2) is 33.7 Å². The molecule has 0 aliphatic carbocycles. The van der Waals surface area contributed by atoms with E-state index in [1.807, 2.05) is 19.1 Å². The fraction of sp³-hybridized carbons (Fsp3) is 0.429. The Labute approximate surface area is 126 Å². The molecule has 1 unspecified atom stereocenters. The highest BCUT2D eigenvalue weighted by molar-refractivity contribution is 9.10. The molecule has 2 rings (SSSR count). The topological polar surface area (TPSA) is 51.3 Å². The molecule has 6 heteroatoms. The van der Waals surface area contributed by atoms with Crippen molar-refractivity contribution >= 4 is 21.8 Å². The van der Waals surface area contributed by atoms with Gasteiger partial charge in [-0.05, 0) is 41.4 Å². The third-order valence-electron chi connectivity index (χ3n) is 3.36. The van der Waals surface area contributed by atoms with Gasteiger partial charge in [0.05, 0.1) is 10.7 Å². The van der Waals surface area contributed by atoms with Gasteiger partial charge >= 0.3 is 0 Å². The Kier molecular flexibility index (Phi) is 4.65. The maximum atomic E-state index is 12.4. The minimum atomic E-state index is -0.0792. The van der Waals surface area contributed by atoms with Gasteiger partial charge in [0.15, 0.2) is 5.69 Å². The summed E-state index contributed by atoms with van der Waals surface area (Å²) in [5.74, 6) is 0.862. The maximum Gasteiger partial charge on any atom is 0.275 e. The number of hydrogen-bond donors (Lipinski definition) is 0. The molecule has 5 nitrogen and oxygen atoms in total. The molecule has 20 heavy (non-hydrogen) atoms. The van der Waals surface area contributed by atoms with Gasteiger partial charge in [0.25, 0.3) is 5.91 Å². The zero-order valence-electron chi connectivity index (χ0n) is 11.8. The predicted molar refractivity (Wildman–Crippen MR) is 79.5 cm³/mol. The van der Waals surface area contributed by atoms with Crippen LogP contribution in [-0.2, 0) is 13.5 Å². The maximum absolute atomic E-state index is 12.4. The quantitative estimate of drug-likeness (QED) is 0.841. The van der Waals surface area contributed by atoms with E-state index in [9.17, 15) is 4.79 Å². The fourth-order valence-corrected chi connectivity index (χ4v) is 2.52. The molecule has 0 bridgehead atoms. The summed E-state index contributed by atoms with van der Waals surface area (Å²) in [6.07, 6.45) is 5.10. The van der Waals surface area contributed by atoms with E-state index in [0.717, 1.165) is 23.1 Å². The monoisotopic (exact) mass is 339 g/mol. The highest BCUT2D eigenvalue weighted by atomic mass is 79.9. The third kappa shape index (κ3) is 3.30. The van der Waals surface area contributed by atoms with Gasteiger partial charge in [0.1, 0.15) is 5.76 Å². The smallest absolute Gasteiger partial charge is 0.275 e. The van der Waals surface area contributed by atoms with Crippen LogP contribution in [0.5, 0.6) is 0 Å². The summed E-state index contributed by atoms with van der Waals surface area (Å²) in [4.78, 5) is 14.1. The number of amides is 1. The summed E-state index contributed by atoms with van der Waals surface area (Å²) in [6, 6.07) is 3.94. The molecule has 1 atom stereocenters. The molecule has 0 aliphatic heterocycles. The van der Waals surface area contributed by atoms with Gasteiger partial charge in [-0.1, -0.05) is 0 Å². The van der Waals surface area contributed by atoms with Crippen molar-refractivity contribution in [1.82, 2.24) is 14.7 Å². The number of carbonyl (C=O) groups is 1. The molecule has 108 valence electrons. The summed E-state index contributed by atoms with van der Waals surface area (Å²) in [5.41, 5.74) is 0.444. The van der Waals surface area contributed by atoms with E-state index < -0.39 is 0 Å². The van der Waals surface area contributed by atoms with E-state index in [0.29, 0.717) is 5.69 Å². The average molecular weight is 340 g/mol. The zero-order chi connectivity index (χ0) is 14.7. The first-order valence-corrected chi connectivity index (χ1v) is 7.27. The van der Waals surface area contributed by atoms with Crippen LogP contribution in [0.25, 0.3) is 0 Å². The van der Waals surface area contributed by atoms with Crippen molar-refractivity contribution < 1.29 is 9.21 Å². The van der Waals surface area contributed by atoms with Gasteiger partial charge in [-0.2, -0.15) is 5.10 Å². The number of carbonyl (C=O) groups excluding carboxylic acids is 1. The van der Waals surface area contributed by atoms with Gasteiger partial charge in [0, 0.05) is 32.8 Å². The van der Waals surface area contributed by atoms with E-state index >= 15 is 0 Å². The molecule has 0 aliphatic rings. The number of furan rings is 1. The number of halogens is 1. The lowest BCUT2D eigenvalue weighted by Crippen LogP contribution is -2.35. The lowest BCUT2D eigenvalue weighted by Gasteiger charge is -2.24. The fourth-order valence-electron chi connectivity index (χ4n) is 1.97. The SMILES string of the molecule is CC(CCc1ccco1)N(C)C(=O)c1nn(C)cc1Br. The molecule has 0 saturated carbocycles. The second kappa shape index (κ2) is 6.26. The minimum absolute atomic E-state index is 0.0792. The second-order valence-corrected chi connectivity index (χ2v) is 5.74. The summed E-state index contributed by atoms with van der Waals surface area (Å²) in [5, 5.41) is 4.18. The van der Waals surface area contributed by atoms with Crippen molar-refractivity contribution in [3.8, 4) is 0 Å². The number of aryl methyl sites for hydroxylation is 2. The van der Waals surface area contributed by atoms with Crippen LogP contribution in [0.15, 0.2) is 33.5 Å². The molecule has 0 radical (unpaired) electrons. The Bertz CT molecular complexity index is 577. The van der Waals surface area contributed by atoms with Crippen molar-refractivity contribution in [2.24, 2.45) is 7.05 Å². The molecule has 0 fully saturated rings. The van der Waals surface area contributed by atoms with E-state index in [1.165, 1.54) is 0 Å². The van der Waals surface area contributed by atoms with Crippen molar-refractivity contribution in [2.45, 2.75) is 25.8 Å².